The summed E-state index contributed by atoms with van der Waals surface area (Å²) in [4.78, 5) is 24.8. The predicted octanol–water partition coefficient (Wildman–Crippen LogP) is 2.90. The number of anilines is 1. The molecule has 0 unspecified atom stereocenters. The van der Waals surface area contributed by atoms with Gasteiger partial charge in [0.05, 0.1) is 30.1 Å². The number of pyridine rings is 3. The van der Waals surface area contributed by atoms with E-state index in [0.717, 1.165) is 16.9 Å². The number of halogens is 1. The highest BCUT2D eigenvalue weighted by atomic mass is 19.1. The van der Waals surface area contributed by atoms with Crippen LogP contribution in [0.5, 0.6) is 5.75 Å². The lowest BCUT2D eigenvalue weighted by Gasteiger charge is -2.34. The minimum absolute atomic E-state index is 0.221. The van der Waals surface area contributed by atoms with E-state index in [1.54, 1.807) is 21.8 Å². The van der Waals surface area contributed by atoms with E-state index in [0.29, 0.717) is 49.6 Å². The Morgan fingerprint density at radius 2 is 1.97 bits per heavy atom. The van der Waals surface area contributed by atoms with E-state index in [9.17, 15) is 14.4 Å². The molecule has 1 fully saturated rings. The molecule has 1 aliphatic rings. The third-order valence-electron chi connectivity index (χ3n) is 5.99. The molecule has 0 atom stereocenters. The molecule has 0 saturated carbocycles. The number of ether oxygens (including phenoxy) is 1. The highest BCUT2D eigenvalue weighted by molar-refractivity contribution is 5.94. The highest BCUT2D eigenvalue weighted by Gasteiger charge is 2.21. The maximum atomic E-state index is 13.3. The fourth-order valence-corrected chi connectivity index (χ4v) is 4.19. The van der Waals surface area contributed by atoms with E-state index < -0.39 is 5.82 Å². The largest absolute Gasteiger partial charge is 0.492 e. The third-order valence-corrected chi connectivity index (χ3v) is 5.99. The van der Waals surface area contributed by atoms with E-state index in [2.05, 4.69) is 37.9 Å². The highest BCUT2D eigenvalue weighted by Crippen LogP contribution is 2.31. The van der Waals surface area contributed by atoms with Gasteiger partial charge in [-0.05, 0) is 37.1 Å². The van der Waals surface area contributed by atoms with Crippen molar-refractivity contribution in [3.8, 4) is 34.8 Å². The minimum Gasteiger partial charge on any atom is -0.492 e. The Labute approximate surface area is 212 Å². The summed E-state index contributed by atoms with van der Waals surface area (Å²) < 4.78 is 20.6. The zero-order valence-electron chi connectivity index (χ0n) is 20.1. The average molecular weight is 496 g/mol. The van der Waals surface area contributed by atoms with Crippen molar-refractivity contribution in [1.82, 2.24) is 24.5 Å². The Morgan fingerprint density at radius 1 is 1.14 bits per heavy atom. The molecule has 5 rings (SSSR count). The van der Waals surface area contributed by atoms with Gasteiger partial charge >= 0.3 is 0 Å². The Morgan fingerprint density at radius 3 is 2.68 bits per heavy atom. The first-order chi connectivity index (χ1) is 18.1. The van der Waals surface area contributed by atoms with Gasteiger partial charge in [-0.25, -0.2) is 18.9 Å². The number of hydrogen-bond donors (Lipinski definition) is 0. The van der Waals surface area contributed by atoms with Crippen LogP contribution in [0.3, 0.4) is 0 Å². The molecule has 4 aromatic rings. The van der Waals surface area contributed by atoms with E-state index in [-0.39, 0.29) is 11.6 Å². The fourth-order valence-electron chi connectivity index (χ4n) is 4.19. The molecule has 0 aliphatic carbocycles. The van der Waals surface area contributed by atoms with Crippen LogP contribution in [0.2, 0.25) is 0 Å². The summed E-state index contributed by atoms with van der Waals surface area (Å²) in [5, 5.41) is 13.8. The molecule has 37 heavy (non-hydrogen) atoms. The number of amides is 1. The predicted molar refractivity (Wildman–Crippen MR) is 134 cm³/mol. The molecule has 5 heterocycles. The lowest BCUT2D eigenvalue weighted by Crippen LogP contribution is -2.48. The molecule has 0 radical (unpaired) electrons. The van der Waals surface area contributed by atoms with Crippen molar-refractivity contribution in [2.24, 2.45) is 0 Å². The number of carbonyl (C=O) groups is 1. The van der Waals surface area contributed by atoms with Gasteiger partial charge in [0.25, 0.3) is 5.91 Å². The first-order valence-electron chi connectivity index (χ1n) is 11.7. The van der Waals surface area contributed by atoms with E-state index in [1.165, 1.54) is 24.5 Å². The molecule has 0 N–H and O–H groups in total. The van der Waals surface area contributed by atoms with Crippen LogP contribution in [0.15, 0.2) is 55.1 Å². The summed E-state index contributed by atoms with van der Waals surface area (Å²) in [6.45, 7) is 4.60. The zero-order valence-corrected chi connectivity index (χ0v) is 20.1. The Bertz CT molecular complexity index is 1560. The molecule has 1 saturated heterocycles. The van der Waals surface area contributed by atoms with Crippen LogP contribution in [0.1, 0.15) is 18.2 Å². The molecule has 4 aromatic heterocycles. The molecule has 0 aromatic carbocycles. The smallest absolute Gasteiger partial charge is 0.299 e. The zero-order chi connectivity index (χ0) is 25.8. The third kappa shape index (κ3) is 5.04. The van der Waals surface area contributed by atoms with Gasteiger partial charge in [0.1, 0.15) is 29.1 Å². The number of hydrogen-bond acceptors (Lipinski definition) is 7. The number of nitrogens with zero attached hydrogens (tertiary/aromatic N) is 7. The lowest BCUT2D eigenvalue weighted by atomic mass is 10.1. The standard InChI is InChI=1S/C27H22FN7O2/c1-2-37-23-14-24(27-20(15-29)17-32-35(27)18-23)19-3-5-25(31-16-19)33-9-11-34(12-10-33)26(36)6-4-22-13-21(28)7-8-30-22/h3,5,7-8,13-14,16-18H,2,9-12H2,1H3. The fraction of sp³-hybridized carbons (Fsp3) is 0.222. The topological polar surface area (TPSA) is 99.6 Å². The number of nitriles is 1. The van der Waals surface area contributed by atoms with Crippen LogP contribution in [-0.4, -0.2) is 63.2 Å². The quantitative estimate of drug-likeness (QED) is 0.402. The number of piperazine rings is 1. The summed E-state index contributed by atoms with van der Waals surface area (Å²) in [5.41, 5.74) is 3.03. The molecule has 10 heteroatoms. The van der Waals surface area contributed by atoms with Crippen LogP contribution >= 0.6 is 0 Å². The second-order valence-electron chi connectivity index (χ2n) is 8.28. The van der Waals surface area contributed by atoms with Gasteiger partial charge in [-0.15, -0.1) is 0 Å². The molecule has 1 aliphatic heterocycles. The minimum atomic E-state index is -0.444. The van der Waals surface area contributed by atoms with Gasteiger partial charge in [-0.1, -0.05) is 0 Å². The first kappa shape index (κ1) is 23.8. The normalized spacial score (nSPS) is 13.1. The SMILES string of the molecule is CCOc1cc(-c2ccc(N3CCN(C(=O)C#Cc4cc(F)ccn4)CC3)nc2)c2c(C#N)cnn2c1. The Kier molecular flexibility index (Phi) is 6.64. The molecular formula is C27H22FN7O2. The van der Waals surface area contributed by atoms with Gasteiger partial charge in [0, 0.05) is 61.7 Å². The van der Waals surface area contributed by atoms with Crippen LogP contribution < -0.4 is 9.64 Å². The molecular weight excluding hydrogens is 473 g/mol. The summed E-state index contributed by atoms with van der Waals surface area (Å²) in [7, 11) is 0. The van der Waals surface area contributed by atoms with E-state index in [4.69, 9.17) is 4.74 Å². The van der Waals surface area contributed by atoms with Gasteiger partial charge in [0.2, 0.25) is 0 Å². The summed E-state index contributed by atoms with van der Waals surface area (Å²) in [6, 6.07) is 10.4. The molecule has 0 spiro atoms. The van der Waals surface area contributed by atoms with Crippen molar-refractivity contribution in [3.63, 3.8) is 0 Å². The molecule has 9 nitrogen and oxygen atoms in total. The Hall–Kier alpha value is -4.96. The van der Waals surface area contributed by atoms with Gasteiger partial charge in [-0.3, -0.25) is 4.79 Å². The summed E-state index contributed by atoms with van der Waals surface area (Å²) >= 11 is 0. The van der Waals surface area contributed by atoms with Gasteiger partial charge < -0.3 is 14.5 Å². The maximum absolute atomic E-state index is 13.3. The van der Waals surface area contributed by atoms with Gasteiger partial charge in [-0.2, -0.15) is 10.4 Å². The van der Waals surface area contributed by atoms with Crippen molar-refractivity contribution in [2.75, 3.05) is 37.7 Å². The first-order valence-corrected chi connectivity index (χ1v) is 11.7. The number of rotatable bonds is 4. The van der Waals surface area contributed by atoms with Crippen molar-refractivity contribution in [1.29, 1.82) is 5.26 Å². The molecule has 1 amide bonds. The van der Waals surface area contributed by atoms with Crippen LogP contribution in [0.25, 0.3) is 16.6 Å². The average Bonchev–Trinajstić information content (AvgIpc) is 3.35. The van der Waals surface area contributed by atoms with E-state index >= 15 is 0 Å². The summed E-state index contributed by atoms with van der Waals surface area (Å²) in [5.74, 6) is 5.85. The maximum Gasteiger partial charge on any atom is 0.299 e. The van der Waals surface area contributed by atoms with Crippen molar-refractivity contribution >= 4 is 17.2 Å². The monoisotopic (exact) mass is 495 g/mol. The molecule has 0 bridgehead atoms. The Balaban J connectivity index is 1.29. The van der Waals surface area contributed by atoms with Crippen LogP contribution in [0.4, 0.5) is 10.2 Å². The number of aromatic nitrogens is 4. The van der Waals surface area contributed by atoms with Crippen LogP contribution in [-0.2, 0) is 4.79 Å². The van der Waals surface area contributed by atoms with Crippen molar-refractivity contribution < 1.29 is 13.9 Å². The van der Waals surface area contributed by atoms with E-state index in [1.807, 2.05) is 25.1 Å². The van der Waals surface area contributed by atoms with Gasteiger partial charge in [0.15, 0.2) is 0 Å². The summed E-state index contributed by atoms with van der Waals surface area (Å²) in [6.07, 6.45) is 6.38. The molecule has 184 valence electrons. The second-order valence-corrected chi connectivity index (χ2v) is 8.28. The number of carbonyl (C=O) groups excluding carboxylic acids is 1. The number of fused-ring (bicyclic) bond motifs is 1. The van der Waals surface area contributed by atoms with Crippen molar-refractivity contribution in [3.05, 3.63) is 72.2 Å². The van der Waals surface area contributed by atoms with Crippen molar-refractivity contribution in [2.45, 2.75) is 6.92 Å². The van der Waals surface area contributed by atoms with Crippen LogP contribution in [0, 0.1) is 29.0 Å². The lowest BCUT2D eigenvalue weighted by molar-refractivity contribution is -0.125. The second kappa shape index (κ2) is 10.3.